The first-order chi connectivity index (χ1) is 13.1. The van der Waals surface area contributed by atoms with E-state index in [4.69, 9.17) is 4.74 Å². The Bertz CT molecular complexity index is 863. The number of allylic oxidation sites excluding steroid dienone is 4. The number of piperidine rings is 1. The van der Waals surface area contributed by atoms with Gasteiger partial charge >= 0.3 is 0 Å². The van der Waals surface area contributed by atoms with E-state index < -0.39 is 0 Å². The molecule has 2 unspecified atom stereocenters. The van der Waals surface area contributed by atoms with Gasteiger partial charge in [-0.1, -0.05) is 19.4 Å². The molecule has 2 aliphatic carbocycles. The van der Waals surface area contributed by atoms with Gasteiger partial charge in [0.2, 0.25) is 5.91 Å². The summed E-state index contributed by atoms with van der Waals surface area (Å²) in [5, 5.41) is 9.43. The molecule has 1 aliphatic heterocycles. The highest BCUT2D eigenvalue weighted by atomic mass is 16.5. The van der Waals surface area contributed by atoms with Gasteiger partial charge in [0, 0.05) is 18.0 Å². The quantitative estimate of drug-likeness (QED) is 0.808. The summed E-state index contributed by atoms with van der Waals surface area (Å²) in [6.45, 7) is 2.55. The fraction of sp³-hybridized carbons (Fsp3) is 0.364. The van der Waals surface area contributed by atoms with Crippen LogP contribution in [0.25, 0.3) is 0 Å². The zero-order valence-electron chi connectivity index (χ0n) is 15.4. The lowest BCUT2D eigenvalue weighted by Crippen LogP contribution is -2.52. The van der Waals surface area contributed by atoms with E-state index in [0.717, 1.165) is 31.3 Å². The lowest BCUT2D eigenvalue weighted by Gasteiger charge is -2.42. The number of ether oxygens (including phenoxy) is 1. The summed E-state index contributed by atoms with van der Waals surface area (Å²) in [6.07, 6.45) is 9.04. The first kappa shape index (κ1) is 17.6. The van der Waals surface area contributed by atoms with E-state index in [-0.39, 0.29) is 29.4 Å². The van der Waals surface area contributed by atoms with Gasteiger partial charge in [0.15, 0.2) is 0 Å². The summed E-state index contributed by atoms with van der Waals surface area (Å²) in [7, 11) is 0. The third-order valence-corrected chi connectivity index (χ3v) is 5.49. The highest BCUT2D eigenvalue weighted by molar-refractivity contribution is 6.09. The van der Waals surface area contributed by atoms with Crippen LogP contribution < -0.4 is 4.74 Å². The Labute approximate surface area is 158 Å². The minimum atomic E-state index is -0.214. The highest BCUT2D eigenvalue weighted by Crippen LogP contribution is 2.46. The predicted octanol–water partition coefficient (Wildman–Crippen LogP) is 3.72. The number of hydrogen-bond donors (Lipinski definition) is 1. The van der Waals surface area contributed by atoms with E-state index in [2.05, 4.69) is 13.0 Å². The second-order valence-electron chi connectivity index (χ2n) is 7.22. The van der Waals surface area contributed by atoms with Crippen LogP contribution >= 0.6 is 0 Å². The third-order valence-electron chi connectivity index (χ3n) is 5.49. The Morgan fingerprint density at radius 2 is 1.93 bits per heavy atom. The van der Waals surface area contributed by atoms with Crippen molar-refractivity contribution in [2.24, 2.45) is 11.8 Å². The van der Waals surface area contributed by atoms with Crippen molar-refractivity contribution in [2.45, 2.75) is 32.6 Å². The molecule has 0 saturated carbocycles. The Kier molecular flexibility index (Phi) is 4.60. The number of unbranched alkanes of at least 4 members (excludes halogenated alkanes) is 1. The van der Waals surface area contributed by atoms with Crippen molar-refractivity contribution in [1.82, 2.24) is 4.90 Å². The zero-order chi connectivity index (χ0) is 19.0. The van der Waals surface area contributed by atoms with Crippen LogP contribution in [0.5, 0.6) is 11.5 Å². The molecule has 4 rings (SSSR count). The molecule has 0 aromatic heterocycles. The number of phenols is 1. The standard InChI is InChI=1S/C22H23NO4/c1-2-3-13-23-21(25)17-6-4-5-16-19(12-11-18(20(16)17)22(23)26)27-15-9-7-14(24)8-10-15/h5,7-12,17,20,24H,2-4,6,13H2,1H3. The Hall–Kier alpha value is -2.82. The van der Waals surface area contributed by atoms with Crippen molar-refractivity contribution in [1.29, 1.82) is 0 Å². The van der Waals surface area contributed by atoms with E-state index in [1.807, 2.05) is 12.2 Å². The van der Waals surface area contributed by atoms with Crippen molar-refractivity contribution in [3.05, 3.63) is 59.4 Å². The number of likely N-dealkylation sites (tertiary alicyclic amines) is 1. The Morgan fingerprint density at radius 3 is 2.67 bits per heavy atom. The molecule has 2 atom stereocenters. The zero-order valence-corrected chi connectivity index (χ0v) is 15.4. The number of carbonyl (C=O) groups excluding carboxylic acids is 2. The number of nitrogens with zero attached hydrogens (tertiary/aromatic N) is 1. The van der Waals surface area contributed by atoms with Gasteiger partial charge in [-0.15, -0.1) is 0 Å². The predicted molar refractivity (Wildman–Crippen MR) is 101 cm³/mol. The monoisotopic (exact) mass is 365 g/mol. The van der Waals surface area contributed by atoms with Crippen molar-refractivity contribution in [3.8, 4) is 11.5 Å². The molecular formula is C22H23NO4. The van der Waals surface area contributed by atoms with Crippen LogP contribution in [0.4, 0.5) is 0 Å². The van der Waals surface area contributed by atoms with E-state index in [0.29, 0.717) is 23.6 Å². The van der Waals surface area contributed by atoms with Crippen molar-refractivity contribution in [2.75, 3.05) is 6.54 Å². The molecule has 1 saturated heterocycles. The fourth-order valence-electron chi connectivity index (χ4n) is 4.12. The van der Waals surface area contributed by atoms with Crippen LogP contribution in [0.3, 0.4) is 0 Å². The molecule has 1 heterocycles. The van der Waals surface area contributed by atoms with Crippen molar-refractivity contribution in [3.63, 3.8) is 0 Å². The third kappa shape index (κ3) is 3.07. The van der Waals surface area contributed by atoms with Crippen LogP contribution in [-0.4, -0.2) is 28.4 Å². The number of amides is 2. The average molecular weight is 365 g/mol. The Balaban J connectivity index is 1.67. The molecule has 2 amide bonds. The number of benzene rings is 1. The van der Waals surface area contributed by atoms with E-state index >= 15 is 0 Å². The normalized spacial score (nSPS) is 24.0. The first-order valence-electron chi connectivity index (χ1n) is 9.55. The molecule has 5 nitrogen and oxygen atoms in total. The molecule has 1 N–H and O–H groups in total. The number of carbonyl (C=O) groups is 2. The number of imide groups is 1. The molecule has 140 valence electrons. The summed E-state index contributed by atoms with van der Waals surface area (Å²) in [5.41, 5.74) is 1.62. The molecule has 0 spiro atoms. The van der Waals surface area contributed by atoms with Crippen LogP contribution in [0.1, 0.15) is 32.6 Å². The maximum absolute atomic E-state index is 13.0. The molecule has 0 radical (unpaired) electrons. The van der Waals surface area contributed by atoms with Crippen LogP contribution in [-0.2, 0) is 9.59 Å². The summed E-state index contributed by atoms with van der Waals surface area (Å²) >= 11 is 0. The highest BCUT2D eigenvalue weighted by Gasteiger charge is 2.48. The lowest BCUT2D eigenvalue weighted by atomic mass is 9.68. The van der Waals surface area contributed by atoms with Gasteiger partial charge in [-0.25, -0.2) is 0 Å². The Morgan fingerprint density at radius 1 is 1.15 bits per heavy atom. The van der Waals surface area contributed by atoms with Crippen molar-refractivity contribution >= 4 is 11.8 Å². The molecule has 1 fully saturated rings. The summed E-state index contributed by atoms with van der Waals surface area (Å²) in [6, 6.07) is 6.52. The summed E-state index contributed by atoms with van der Waals surface area (Å²) in [4.78, 5) is 27.3. The molecular weight excluding hydrogens is 342 g/mol. The molecule has 0 bridgehead atoms. The van der Waals surface area contributed by atoms with Gasteiger partial charge in [-0.05, 0) is 61.3 Å². The topological polar surface area (TPSA) is 66.8 Å². The van der Waals surface area contributed by atoms with Gasteiger partial charge in [0.25, 0.3) is 5.91 Å². The fourth-order valence-corrected chi connectivity index (χ4v) is 4.12. The van der Waals surface area contributed by atoms with Gasteiger partial charge in [-0.2, -0.15) is 0 Å². The number of phenolic OH excluding ortho intramolecular Hbond substituents is 1. The van der Waals surface area contributed by atoms with E-state index in [1.54, 1.807) is 24.3 Å². The minimum absolute atomic E-state index is 0.0490. The minimum Gasteiger partial charge on any atom is -0.508 e. The van der Waals surface area contributed by atoms with Gasteiger partial charge in [-0.3, -0.25) is 14.5 Å². The molecule has 3 aliphatic rings. The summed E-state index contributed by atoms with van der Waals surface area (Å²) < 4.78 is 6.01. The number of hydrogen-bond acceptors (Lipinski definition) is 4. The largest absolute Gasteiger partial charge is 0.508 e. The van der Waals surface area contributed by atoms with E-state index in [9.17, 15) is 14.7 Å². The molecule has 1 aromatic rings. The lowest BCUT2D eigenvalue weighted by molar-refractivity contribution is -0.150. The number of aromatic hydroxyl groups is 1. The molecule has 5 heteroatoms. The first-order valence-corrected chi connectivity index (χ1v) is 9.55. The second-order valence-corrected chi connectivity index (χ2v) is 7.22. The molecule has 1 aromatic carbocycles. The van der Waals surface area contributed by atoms with Gasteiger partial charge < -0.3 is 9.84 Å². The summed E-state index contributed by atoms with van der Waals surface area (Å²) in [5.74, 6) is 0.828. The van der Waals surface area contributed by atoms with Gasteiger partial charge in [0.1, 0.15) is 17.3 Å². The number of rotatable bonds is 5. The SMILES string of the molecule is CCCCN1C(=O)C2=CC=C(Oc3ccc(O)cc3)C3=CCCC(C1=O)C23. The maximum atomic E-state index is 13.0. The smallest absolute Gasteiger partial charge is 0.257 e. The van der Waals surface area contributed by atoms with Crippen LogP contribution in [0.2, 0.25) is 0 Å². The van der Waals surface area contributed by atoms with Crippen LogP contribution in [0, 0.1) is 11.8 Å². The average Bonchev–Trinajstić information content (AvgIpc) is 2.68. The van der Waals surface area contributed by atoms with Gasteiger partial charge in [0.05, 0.1) is 5.92 Å². The molecule has 27 heavy (non-hydrogen) atoms. The maximum Gasteiger partial charge on any atom is 0.257 e. The van der Waals surface area contributed by atoms with E-state index in [1.165, 1.54) is 4.90 Å². The van der Waals surface area contributed by atoms with Crippen LogP contribution in [0.15, 0.2) is 59.4 Å². The second kappa shape index (κ2) is 7.06. The van der Waals surface area contributed by atoms with Crippen molar-refractivity contribution < 1.29 is 19.4 Å².